The van der Waals surface area contributed by atoms with Crippen LogP contribution in [-0.4, -0.2) is 26.7 Å². The molecule has 4 nitrogen and oxygen atoms in total. The normalized spacial score (nSPS) is 17.4. The minimum atomic E-state index is -2.69. The average molecular weight is 259 g/mol. The topological polar surface area (TPSA) is 53.7 Å². The van der Waals surface area contributed by atoms with Gasteiger partial charge in [0.1, 0.15) is 13.2 Å². The molecular weight excluding hydrogens is 244 g/mol. The van der Waals surface area contributed by atoms with Crippen molar-refractivity contribution in [3.8, 4) is 17.2 Å². The van der Waals surface area contributed by atoms with Crippen molar-refractivity contribution in [3.63, 3.8) is 0 Å². The van der Waals surface area contributed by atoms with E-state index in [9.17, 15) is 8.78 Å². The summed E-state index contributed by atoms with van der Waals surface area (Å²) in [4.78, 5) is 0. The Morgan fingerprint density at radius 1 is 1.33 bits per heavy atom. The van der Waals surface area contributed by atoms with Crippen molar-refractivity contribution in [1.29, 1.82) is 0 Å². The molecule has 0 spiro atoms. The molecular formula is C12H15F2NO3. The Morgan fingerprint density at radius 2 is 2.00 bits per heavy atom. The Hall–Kier alpha value is -1.56. The van der Waals surface area contributed by atoms with Gasteiger partial charge in [-0.2, -0.15) is 0 Å². The predicted molar refractivity (Wildman–Crippen MR) is 61.5 cm³/mol. The summed E-state index contributed by atoms with van der Waals surface area (Å²) in [5.74, 6) is 1.16. The van der Waals surface area contributed by atoms with Crippen LogP contribution in [0.25, 0.3) is 0 Å². The predicted octanol–water partition coefficient (Wildman–Crippen LogP) is 1.91. The molecule has 18 heavy (non-hydrogen) atoms. The minimum absolute atomic E-state index is 0.249. The second-order valence-electron chi connectivity index (χ2n) is 4.29. The molecule has 1 aromatic carbocycles. The Morgan fingerprint density at radius 3 is 2.61 bits per heavy atom. The number of methoxy groups -OCH3 is 1. The number of alkyl halides is 2. The van der Waals surface area contributed by atoms with Gasteiger partial charge in [0.25, 0.3) is 6.43 Å². The molecule has 6 heteroatoms. The lowest BCUT2D eigenvalue weighted by Gasteiger charge is -2.27. The van der Waals surface area contributed by atoms with E-state index in [-0.39, 0.29) is 5.56 Å². The lowest BCUT2D eigenvalue weighted by atomic mass is 9.93. The number of halogens is 2. The van der Waals surface area contributed by atoms with E-state index in [2.05, 4.69) is 0 Å². The smallest absolute Gasteiger partial charge is 0.260 e. The van der Waals surface area contributed by atoms with Gasteiger partial charge in [-0.25, -0.2) is 8.78 Å². The summed E-state index contributed by atoms with van der Waals surface area (Å²) in [6, 6.07) is 2.93. The molecule has 0 saturated heterocycles. The van der Waals surface area contributed by atoms with Crippen molar-refractivity contribution in [2.75, 3.05) is 20.3 Å². The molecule has 1 aliphatic rings. The zero-order valence-electron chi connectivity index (χ0n) is 10.2. The van der Waals surface area contributed by atoms with Crippen molar-refractivity contribution < 1.29 is 23.0 Å². The maximum Gasteiger partial charge on any atom is 0.260 e. The van der Waals surface area contributed by atoms with Gasteiger partial charge in [0.2, 0.25) is 5.75 Å². The number of fused-ring (bicyclic) bond motifs is 1. The van der Waals surface area contributed by atoms with Gasteiger partial charge in [0.15, 0.2) is 11.5 Å². The fourth-order valence-corrected chi connectivity index (χ4v) is 1.71. The third kappa shape index (κ3) is 2.08. The Kier molecular flexibility index (Phi) is 3.30. The van der Waals surface area contributed by atoms with Crippen LogP contribution in [0, 0.1) is 0 Å². The first-order valence-corrected chi connectivity index (χ1v) is 5.52. The van der Waals surface area contributed by atoms with Crippen molar-refractivity contribution >= 4 is 0 Å². The summed E-state index contributed by atoms with van der Waals surface area (Å²) in [5.41, 5.74) is 4.12. The molecule has 1 aromatic rings. The van der Waals surface area contributed by atoms with E-state index in [1.54, 1.807) is 0 Å². The molecule has 0 fully saturated rings. The van der Waals surface area contributed by atoms with E-state index < -0.39 is 12.0 Å². The van der Waals surface area contributed by atoms with Crippen molar-refractivity contribution in [2.45, 2.75) is 18.9 Å². The fourth-order valence-electron chi connectivity index (χ4n) is 1.71. The Balaban J connectivity index is 2.51. The molecule has 0 aliphatic carbocycles. The molecule has 1 atom stereocenters. The lowest BCUT2D eigenvalue weighted by Crippen LogP contribution is -2.40. The van der Waals surface area contributed by atoms with Gasteiger partial charge in [-0.1, -0.05) is 0 Å². The summed E-state index contributed by atoms with van der Waals surface area (Å²) in [6.45, 7) is 2.04. The van der Waals surface area contributed by atoms with Crippen LogP contribution in [0.2, 0.25) is 0 Å². The van der Waals surface area contributed by atoms with Crippen molar-refractivity contribution in [1.82, 2.24) is 0 Å². The first-order valence-electron chi connectivity index (χ1n) is 5.52. The largest absolute Gasteiger partial charge is 0.493 e. The SMILES string of the molecule is COc1cc(C(C)(N)C(F)F)cc2c1OCCO2. The molecule has 0 amide bonds. The van der Waals surface area contributed by atoms with E-state index in [1.807, 2.05) is 0 Å². The maximum atomic E-state index is 12.9. The zero-order valence-corrected chi connectivity index (χ0v) is 10.2. The highest BCUT2D eigenvalue weighted by Crippen LogP contribution is 2.43. The van der Waals surface area contributed by atoms with Crippen LogP contribution >= 0.6 is 0 Å². The van der Waals surface area contributed by atoms with Crippen LogP contribution in [0.4, 0.5) is 8.78 Å². The second kappa shape index (κ2) is 4.61. The molecule has 0 aromatic heterocycles. The third-order valence-electron chi connectivity index (χ3n) is 2.90. The molecule has 1 heterocycles. The maximum absolute atomic E-state index is 12.9. The monoisotopic (exact) mass is 259 g/mol. The second-order valence-corrected chi connectivity index (χ2v) is 4.29. The summed E-state index contributed by atoms with van der Waals surface area (Å²) >= 11 is 0. The number of nitrogens with two attached hydrogens (primary N) is 1. The van der Waals surface area contributed by atoms with Gasteiger partial charge in [0.05, 0.1) is 12.6 Å². The number of ether oxygens (including phenoxy) is 3. The van der Waals surface area contributed by atoms with Gasteiger partial charge in [-0.15, -0.1) is 0 Å². The fraction of sp³-hybridized carbons (Fsp3) is 0.500. The highest BCUT2D eigenvalue weighted by atomic mass is 19.3. The van der Waals surface area contributed by atoms with Crippen LogP contribution in [-0.2, 0) is 5.54 Å². The van der Waals surface area contributed by atoms with Crippen molar-refractivity contribution in [3.05, 3.63) is 17.7 Å². The number of benzene rings is 1. The molecule has 0 radical (unpaired) electrons. The number of rotatable bonds is 3. The first-order chi connectivity index (χ1) is 8.46. The number of hydrogen-bond donors (Lipinski definition) is 1. The summed E-state index contributed by atoms with van der Waals surface area (Å²) in [6.07, 6.45) is -2.69. The average Bonchev–Trinajstić information content (AvgIpc) is 2.37. The van der Waals surface area contributed by atoms with Gasteiger partial charge in [-0.05, 0) is 24.6 Å². The van der Waals surface area contributed by atoms with Crippen LogP contribution in [0.5, 0.6) is 17.2 Å². The van der Waals surface area contributed by atoms with Gasteiger partial charge in [0, 0.05) is 0 Å². The van der Waals surface area contributed by atoms with E-state index in [1.165, 1.54) is 26.2 Å². The van der Waals surface area contributed by atoms with E-state index >= 15 is 0 Å². The summed E-state index contributed by atoms with van der Waals surface area (Å²) in [7, 11) is 1.44. The summed E-state index contributed by atoms with van der Waals surface area (Å²) in [5, 5.41) is 0. The summed E-state index contributed by atoms with van der Waals surface area (Å²) < 4.78 is 41.8. The van der Waals surface area contributed by atoms with Gasteiger partial charge < -0.3 is 19.9 Å². The van der Waals surface area contributed by atoms with Crippen LogP contribution in [0.15, 0.2) is 12.1 Å². The highest BCUT2D eigenvalue weighted by molar-refractivity contribution is 5.55. The Bertz CT molecular complexity index is 432. The quantitative estimate of drug-likeness (QED) is 0.900. The molecule has 0 bridgehead atoms. The van der Waals surface area contributed by atoms with Crippen LogP contribution < -0.4 is 19.9 Å². The van der Waals surface area contributed by atoms with Crippen LogP contribution in [0.3, 0.4) is 0 Å². The van der Waals surface area contributed by atoms with Crippen LogP contribution in [0.1, 0.15) is 12.5 Å². The van der Waals surface area contributed by atoms with Crippen molar-refractivity contribution in [2.24, 2.45) is 5.73 Å². The highest BCUT2D eigenvalue weighted by Gasteiger charge is 2.34. The molecule has 100 valence electrons. The molecule has 2 rings (SSSR count). The molecule has 1 unspecified atom stereocenters. The van der Waals surface area contributed by atoms with E-state index in [0.717, 1.165) is 0 Å². The first kappa shape index (κ1) is 12.9. The van der Waals surface area contributed by atoms with Gasteiger partial charge in [-0.3, -0.25) is 0 Å². The lowest BCUT2D eigenvalue weighted by molar-refractivity contribution is 0.0619. The van der Waals surface area contributed by atoms with E-state index in [4.69, 9.17) is 19.9 Å². The Labute approximate surface area is 104 Å². The zero-order chi connectivity index (χ0) is 13.3. The molecule has 1 aliphatic heterocycles. The number of hydrogen-bond acceptors (Lipinski definition) is 4. The molecule has 0 saturated carbocycles. The van der Waals surface area contributed by atoms with Gasteiger partial charge >= 0.3 is 0 Å². The standard InChI is InChI=1S/C12H15F2NO3/c1-12(15,11(13)14)7-5-8(16-2)10-9(6-7)17-3-4-18-10/h5-6,11H,3-4,15H2,1-2H3. The minimum Gasteiger partial charge on any atom is -0.493 e. The molecule has 2 N–H and O–H groups in total. The third-order valence-corrected chi connectivity index (χ3v) is 2.90. The van der Waals surface area contributed by atoms with E-state index in [0.29, 0.717) is 30.5 Å².